The normalized spacial score (nSPS) is 15.2. The minimum atomic E-state index is -4.91. The molecule has 2 aromatic carbocycles. The third-order valence-electron chi connectivity index (χ3n) is 5.72. The van der Waals surface area contributed by atoms with Crippen molar-refractivity contribution in [2.75, 3.05) is 13.1 Å². The minimum Gasteiger partial charge on any atom is -0.330 e. The van der Waals surface area contributed by atoms with Gasteiger partial charge in [-0.25, -0.2) is 0 Å². The number of benzene rings is 2. The Kier molecular flexibility index (Phi) is 8.57. The van der Waals surface area contributed by atoms with Crippen LogP contribution in [-0.2, 0) is 35.5 Å². The van der Waals surface area contributed by atoms with E-state index < -0.39 is 29.1 Å². The summed E-state index contributed by atoms with van der Waals surface area (Å²) in [5.74, 6) is -3.65. The summed E-state index contributed by atoms with van der Waals surface area (Å²) in [7, 11) is 0. The number of hydrogen-bond donors (Lipinski definition) is 0. The number of rotatable bonds is 1. The average molecular weight is 661 g/mol. The maximum absolute atomic E-state index is 12.4. The highest BCUT2D eigenvalue weighted by Crippen LogP contribution is 2.33. The molecular formula is C22H17Br2F6N3O4. The Labute approximate surface area is 222 Å². The van der Waals surface area contributed by atoms with E-state index in [4.69, 9.17) is 0 Å². The monoisotopic (exact) mass is 659 g/mol. The van der Waals surface area contributed by atoms with Gasteiger partial charge in [0.15, 0.2) is 0 Å². The van der Waals surface area contributed by atoms with E-state index in [2.05, 4.69) is 31.9 Å². The van der Waals surface area contributed by atoms with Crippen LogP contribution in [0.1, 0.15) is 22.3 Å². The molecule has 0 bridgehead atoms. The second kappa shape index (κ2) is 11.0. The lowest BCUT2D eigenvalue weighted by atomic mass is 9.99. The van der Waals surface area contributed by atoms with E-state index in [1.807, 2.05) is 12.1 Å². The van der Waals surface area contributed by atoms with Crippen LogP contribution in [0, 0.1) is 10.1 Å². The Balaban J connectivity index is 0.000000208. The summed E-state index contributed by atoms with van der Waals surface area (Å²) >= 11 is 6.27. The van der Waals surface area contributed by atoms with Gasteiger partial charge in [0.1, 0.15) is 0 Å². The van der Waals surface area contributed by atoms with Crippen LogP contribution in [0.15, 0.2) is 39.3 Å². The summed E-state index contributed by atoms with van der Waals surface area (Å²) < 4.78 is 75.0. The highest BCUT2D eigenvalue weighted by molar-refractivity contribution is 9.10. The molecule has 37 heavy (non-hydrogen) atoms. The quantitative estimate of drug-likeness (QED) is 0.223. The van der Waals surface area contributed by atoms with Gasteiger partial charge in [0.05, 0.1) is 9.40 Å². The number of halogens is 8. The second-order valence-corrected chi connectivity index (χ2v) is 9.96. The van der Waals surface area contributed by atoms with Gasteiger partial charge < -0.3 is 9.80 Å². The van der Waals surface area contributed by atoms with E-state index >= 15 is 0 Å². The van der Waals surface area contributed by atoms with Crippen LogP contribution >= 0.6 is 31.9 Å². The van der Waals surface area contributed by atoms with Crippen LogP contribution < -0.4 is 0 Å². The molecule has 2 aromatic rings. The molecule has 0 saturated heterocycles. The predicted molar refractivity (Wildman–Crippen MR) is 125 cm³/mol. The zero-order chi connectivity index (χ0) is 27.7. The number of nitro groups is 1. The third-order valence-corrected chi connectivity index (χ3v) is 6.85. The first-order valence-corrected chi connectivity index (χ1v) is 12.1. The van der Waals surface area contributed by atoms with Crippen molar-refractivity contribution in [3.63, 3.8) is 0 Å². The van der Waals surface area contributed by atoms with Crippen molar-refractivity contribution in [3.05, 3.63) is 71.6 Å². The first kappa shape index (κ1) is 28.9. The van der Waals surface area contributed by atoms with E-state index in [1.165, 1.54) is 12.1 Å². The molecule has 0 radical (unpaired) electrons. The molecule has 0 saturated carbocycles. The van der Waals surface area contributed by atoms with Crippen LogP contribution in [-0.4, -0.2) is 52.0 Å². The van der Waals surface area contributed by atoms with Crippen molar-refractivity contribution in [2.45, 2.75) is 38.3 Å². The topological polar surface area (TPSA) is 83.8 Å². The molecule has 15 heteroatoms. The van der Waals surface area contributed by atoms with Crippen LogP contribution in [0.3, 0.4) is 0 Å². The standard InChI is InChI=1S/C11H8BrF3N2O3.C11H9BrF3NO/c12-8-3-7-5-16(10(18)11(13,14)15)2-1-6(7)4-9(8)17(19)20;12-9-2-1-7-3-4-16(6-8(7)5-9)10(17)11(13,14)15/h3-4H,1-2,5H2;1-2,5H,3-4,6H2. The first-order chi connectivity index (χ1) is 17.1. The fourth-order valence-corrected chi connectivity index (χ4v) is 4.88. The van der Waals surface area contributed by atoms with Gasteiger partial charge in [-0.05, 0) is 69.2 Å². The molecule has 0 atom stereocenters. The summed E-state index contributed by atoms with van der Waals surface area (Å²) in [5.41, 5.74) is 2.69. The molecule has 0 aromatic heterocycles. The molecule has 2 aliphatic heterocycles. The Hall–Kier alpha value is -2.68. The minimum absolute atomic E-state index is 0.0209. The number of fused-ring (bicyclic) bond motifs is 2. The maximum Gasteiger partial charge on any atom is 0.471 e. The zero-order valence-corrected chi connectivity index (χ0v) is 21.8. The number of nitrogens with zero attached hydrogens (tertiary/aromatic N) is 3. The zero-order valence-electron chi connectivity index (χ0n) is 18.6. The van der Waals surface area contributed by atoms with Gasteiger partial charge in [-0.15, -0.1) is 0 Å². The molecule has 0 unspecified atom stereocenters. The van der Waals surface area contributed by atoms with Crippen molar-refractivity contribution in [1.82, 2.24) is 9.80 Å². The predicted octanol–water partition coefficient (Wildman–Crippen LogP) is 5.70. The molecule has 0 fully saturated rings. The Bertz CT molecular complexity index is 1240. The Morgan fingerprint density at radius 2 is 1.27 bits per heavy atom. The molecule has 0 aliphatic carbocycles. The second-order valence-electron chi connectivity index (χ2n) is 8.19. The van der Waals surface area contributed by atoms with Gasteiger partial charge in [0, 0.05) is 36.7 Å². The largest absolute Gasteiger partial charge is 0.471 e. The lowest BCUT2D eigenvalue weighted by Crippen LogP contribution is -2.43. The number of carbonyl (C=O) groups is 2. The molecule has 200 valence electrons. The Morgan fingerprint density at radius 1 is 0.784 bits per heavy atom. The third kappa shape index (κ3) is 7.00. The van der Waals surface area contributed by atoms with Gasteiger partial charge in [-0.3, -0.25) is 19.7 Å². The van der Waals surface area contributed by atoms with Crippen molar-refractivity contribution >= 4 is 49.4 Å². The first-order valence-electron chi connectivity index (χ1n) is 10.5. The fourth-order valence-electron chi connectivity index (χ4n) is 3.94. The number of alkyl halides is 6. The van der Waals surface area contributed by atoms with Crippen LogP contribution in [0.2, 0.25) is 0 Å². The summed E-state index contributed by atoms with van der Waals surface area (Å²) in [6, 6.07) is 8.19. The number of nitro benzene ring substituents is 1. The average Bonchev–Trinajstić information content (AvgIpc) is 2.80. The van der Waals surface area contributed by atoms with E-state index in [1.54, 1.807) is 6.07 Å². The van der Waals surface area contributed by atoms with Crippen LogP contribution in [0.25, 0.3) is 0 Å². The lowest BCUT2D eigenvalue weighted by molar-refractivity contribution is -0.385. The molecule has 0 spiro atoms. The lowest BCUT2D eigenvalue weighted by Gasteiger charge is -2.29. The molecular weight excluding hydrogens is 644 g/mol. The van der Waals surface area contributed by atoms with Crippen molar-refractivity contribution < 1.29 is 40.9 Å². The van der Waals surface area contributed by atoms with Gasteiger partial charge in [-0.1, -0.05) is 22.0 Å². The van der Waals surface area contributed by atoms with Crippen molar-refractivity contribution in [1.29, 1.82) is 0 Å². The Morgan fingerprint density at radius 3 is 1.76 bits per heavy atom. The summed E-state index contributed by atoms with van der Waals surface area (Å²) in [4.78, 5) is 34.0. The fraction of sp³-hybridized carbons (Fsp3) is 0.364. The summed E-state index contributed by atoms with van der Waals surface area (Å²) in [6.45, 7) is -0.172. The van der Waals surface area contributed by atoms with E-state index in [0.29, 0.717) is 22.4 Å². The molecule has 2 heterocycles. The van der Waals surface area contributed by atoms with Gasteiger partial charge >= 0.3 is 24.2 Å². The SMILES string of the molecule is O=C(N1CCc2cc([N+](=O)[O-])c(Br)cc2C1)C(F)(F)F.O=C(N1CCc2ccc(Br)cc2C1)C(F)(F)F. The van der Waals surface area contributed by atoms with Crippen molar-refractivity contribution in [2.24, 2.45) is 0 Å². The summed E-state index contributed by atoms with van der Waals surface area (Å²) in [5, 5.41) is 10.8. The van der Waals surface area contributed by atoms with Gasteiger partial charge in [0.25, 0.3) is 5.69 Å². The molecule has 7 nitrogen and oxygen atoms in total. The number of carbonyl (C=O) groups excluding carboxylic acids is 2. The van der Waals surface area contributed by atoms with E-state index in [0.717, 1.165) is 20.5 Å². The smallest absolute Gasteiger partial charge is 0.330 e. The number of hydrogen-bond acceptors (Lipinski definition) is 4. The van der Waals surface area contributed by atoms with E-state index in [9.17, 15) is 46.0 Å². The molecule has 0 N–H and O–H groups in total. The van der Waals surface area contributed by atoms with Gasteiger partial charge in [0.2, 0.25) is 0 Å². The maximum atomic E-state index is 12.4. The molecule has 4 rings (SSSR count). The molecule has 2 amide bonds. The van der Waals surface area contributed by atoms with Crippen LogP contribution in [0.4, 0.5) is 32.0 Å². The highest BCUT2D eigenvalue weighted by Gasteiger charge is 2.44. The highest BCUT2D eigenvalue weighted by atomic mass is 79.9. The van der Waals surface area contributed by atoms with Gasteiger partial charge in [-0.2, -0.15) is 26.3 Å². The summed E-state index contributed by atoms with van der Waals surface area (Å²) in [6.07, 6.45) is -9.07. The molecule has 2 aliphatic rings. The van der Waals surface area contributed by atoms with E-state index in [-0.39, 0.29) is 42.8 Å². The number of amides is 2. The van der Waals surface area contributed by atoms with Crippen molar-refractivity contribution in [3.8, 4) is 0 Å². The van der Waals surface area contributed by atoms with Crippen LogP contribution in [0.5, 0.6) is 0 Å².